The molecule has 2 rings (SSSR count). The summed E-state index contributed by atoms with van der Waals surface area (Å²) in [5.41, 5.74) is 0.100. The molecule has 0 aromatic heterocycles. The van der Waals surface area contributed by atoms with Crippen LogP contribution in [0.25, 0.3) is 6.08 Å². The second-order valence-electron chi connectivity index (χ2n) is 4.30. The number of allylic oxidation sites excluding steroid dienone is 1. The third-order valence-corrected chi connectivity index (χ3v) is 2.78. The molecule has 21 heavy (non-hydrogen) atoms. The van der Waals surface area contributed by atoms with E-state index in [-0.39, 0.29) is 34.1 Å². The largest absolute Gasteiger partial charge is 0.508 e. The zero-order chi connectivity index (χ0) is 15.6. The van der Waals surface area contributed by atoms with Crippen molar-refractivity contribution >= 4 is 11.9 Å². The highest BCUT2D eigenvalue weighted by atomic mass is 16.3. The first-order chi connectivity index (χ1) is 9.88. The molecule has 108 valence electrons. The average Bonchev–Trinajstić information content (AvgIpc) is 2.40. The molecule has 0 bridgehead atoms. The standard InChI is InChI=1S/C15H12O6/c16-9-6-13(19)10(14(20)7-9)2-4-11(17)8-1-3-12(18)15(21)5-8/h1-7,16,18-21H/b4-2+. The summed E-state index contributed by atoms with van der Waals surface area (Å²) in [6.07, 6.45) is 2.26. The Morgan fingerprint density at radius 2 is 1.43 bits per heavy atom. The fourth-order valence-corrected chi connectivity index (χ4v) is 1.71. The highest BCUT2D eigenvalue weighted by Gasteiger charge is 2.09. The Morgan fingerprint density at radius 1 is 0.810 bits per heavy atom. The van der Waals surface area contributed by atoms with Crippen molar-refractivity contribution in [2.75, 3.05) is 0 Å². The zero-order valence-corrected chi connectivity index (χ0v) is 10.7. The Labute approximate surface area is 119 Å². The lowest BCUT2D eigenvalue weighted by Crippen LogP contribution is -1.93. The van der Waals surface area contributed by atoms with Crippen molar-refractivity contribution in [2.45, 2.75) is 0 Å². The molecule has 5 N–H and O–H groups in total. The Morgan fingerprint density at radius 3 is 2.00 bits per heavy atom. The molecular formula is C15H12O6. The fraction of sp³-hybridized carbons (Fsp3) is 0. The van der Waals surface area contributed by atoms with Crippen LogP contribution in [-0.2, 0) is 0 Å². The number of benzene rings is 2. The van der Waals surface area contributed by atoms with Crippen molar-refractivity contribution in [1.29, 1.82) is 0 Å². The minimum atomic E-state index is -0.503. The first-order valence-electron chi connectivity index (χ1n) is 5.88. The van der Waals surface area contributed by atoms with Crippen LogP contribution in [0.5, 0.6) is 28.7 Å². The molecule has 0 saturated heterocycles. The minimum Gasteiger partial charge on any atom is -0.508 e. The first kappa shape index (κ1) is 14.3. The number of rotatable bonds is 3. The highest BCUT2D eigenvalue weighted by molar-refractivity contribution is 6.07. The van der Waals surface area contributed by atoms with Crippen LogP contribution in [0.15, 0.2) is 36.4 Å². The summed E-state index contributed by atoms with van der Waals surface area (Å²) in [5, 5.41) is 46.8. The van der Waals surface area contributed by atoms with Crippen LogP contribution in [-0.4, -0.2) is 31.3 Å². The predicted molar refractivity (Wildman–Crippen MR) is 74.6 cm³/mol. The quantitative estimate of drug-likeness (QED) is 0.335. The molecule has 6 heteroatoms. The van der Waals surface area contributed by atoms with Crippen molar-refractivity contribution in [1.82, 2.24) is 0 Å². The maximum atomic E-state index is 11.9. The topological polar surface area (TPSA) is 118 Å². The number of phenols is 5. The Hall–Kier alpha value is -3.15. The van der Waals surface area contributed by atoms with Crippen molar-refractivity contribution < 1.29 is 30.3 Å². The lowest BCUT2D eigenvalue weighted by molar-refractivity contribution is 0.104. The van der Waals surface area contributed by atoms with Crippen molar-refractivity contribution in [3.63, 3.8) is 0 Å². The number of phenolic OH excluding ortho intramolecular Hbond substituents is 5. The Bertz CT molecular complexity index is 710. The zero-order valence-electron chi connectivity index (χ0n) is 10.7. The summed E-state index contributed by atoms with van der Waals surface area (Å²) in [6.45, 7) is 0. The van der Waals surface area contributed by atoms with Gasteiger partial charge in [0.05, 0.1) is 5.56 Å². The smallest absolute Gasteiger partial charge is 0.185 e. The molecule has 0 aliphatic heterocycles. The van der Waals surface area contributed by atoms with Crippen LogP contribution < -0.4 is 0 Å². The maximum Gasteiger partial charge on any atom is 0.185 e. The molecule has 0 aliphatic rings. The Balaban J connectivity index is 2.29. The summed E-state index contributed by atoms with van der Waals surface area (Å²) >= 11 is 0. The molecule has 0 amide bonds. The van der Waals surface area contributed by atoms with E-state index in [1.165, 1.54) is 18.2 Å². The molecule has 0 atom stereocenters. The van der Waals surface area contributed by atoms with Gasteiger partial charge in [0.2, 0.25) is 0 Å². The fourth-order valence-electron chi connectivity index (χ4n) is 1.71. The molecule has 0 radical (unpaired) electrons. The van der Waals surface area contributed by atoms with Crippen molar-refractivity contribution in [3.05, 3.63) is 47.5 Å². The van der Waals surface area contributed by atoms with Crippen molar-refractivity contribution in [3.8, 4) is 28.7 Å². The molecule has 2 aromatic carbocycles. The van der Waals surface area contributed by atoms with Crippen LogP contribution in [0.2, 0.25) is 0 Å². The average molecular weight is 288 g/mol. The van der Waals surface area contributed by atoms with Crippen LogP contribution in [0.3, 0.4) is 0 Å². The van der Waals surface area contributed by atoms with E-state index in [1.807, 2.05) is 0 Å². The molecule has 6 nitrogen and oxygen atoms in total. The maximum absolute atomic E-state index is 11.9. The van der Waals surface area contributed by atoms with E-state index in [0.717, 1.165) is 24.3 Å². The van der Waals surface area contributed by atoms with Crippen LogP contribution in [0, 0.1) is 0 Å². The van der Waals surface area contributed by atoms with E-state index >= 15 is 0 Å². The van der Waals surface area contributed by atoms with E-state index in [1.54, 1.807) is 0 Å². The van der Waals surface area contributed by atoms with Gasteiger partial charge in [0.25, 0.3) is 0 Å². The lowest BCUT2D eigenvalue weighted by atomic mass is 10.1. The molecule has 0 saturated carbocycles. The molecular weight excluding hydrogens is 276 g/mol. The van der Waals surface area contributed by atoms with Crippen LogP contribution >= 0.6 is 0 Å². The number of aromatic hydroxyl groups is 5. The van der Waals surface area contributed by atoms with Gasteiger partial charge in [-0.25, -0.2) is 0 Å². The number of hydrogen-bond donors (Lipinski definition) is 5. The molecule has 0 aliphatic carbocycles. The monoisotopic (exact) mass is 288 g/mol. The van der Waals surface area contributed by atoms with E-state index in [4.69, 9.17) is 10.2 Å². The predicted octanol–water partition coefficient (Wildman–Crippen LogP) is 2.11. The molecule has 0 heterocycles. The van der Waals surface area contributed by atoms with E-state index in [9.17, 15) is 20.1 Å². The lowest BCUT2D eigenvalue weighted by Gasteiger charge is -2.03. The van der Waals surface area contributed by atoms with Crippen LogP contribution in [0.1, 0.15) is 15.9 Å². The van der Waals surface area contributed by atoms with Gasteiger partial charge < -0.3 is 25.5 Å². The van der Waals surface area contributed by atoms with E-state index in [2.05, 4.69) is 0 Å². The molecule has 0 fully saturated rings. The highest BCUT2D eigenvalue weighted by Crippen LogP contribution is 2.33. The number of hydrogen-bond acceptors (Lipinski definition) is 6. The summed E-state index contributed by atoms with van der Waals surface area (Å²) in [6, 6.07) is 5.63. The van der Waals surface area contributed by atoms with Gasteiger partial charge in [-0.2, -0.15) is 0 Å². The summed E-state index contributed by atoms with van der Waals surface area (Å²) in [5.74, 6) is -2.35. The van der Waals surface area contributed by atoms with Gasteiger partial charge in [-0.1, -0.05) is 0 Å². The second kappa shape index (κ2) is 5.46. The first-order valence-corrected chi connectivity index (χ1v) is 5.88. The third-order valence-electron chi connectivity index (χ3n) is 2.78. The summed E-state index contributed by atoms with van der Waals surface area (Å²) < 4.78 is 0. The van der Waals surface area contributed by atoms with Gasteiger partial charge >= 0.3 is 0 Å². The van der Waals surface area contributed by atoms with Crippen molar-refractivity contribution in [2.24, 2.45) is 0 Å². The van der Waals surface area contributed by atoms with Gasteiger partial charge in [0.1, 0.15) is 17.2 Å². The minimum absolute atomic E-state index is 0.0239. The third kappa shape index (κ3) is 3.06. The van der Waals surface area contributed by atoms with Gasteiger partial charge in [-0.3, -0.25) is 4.79 Å². The van der Waals surface area contributed by atoms with Crippen LogP contribution in [0.4, 0.5) is 0 Å². The van der Waals surface area contributed by atoms with E-state index in [0.29, 0.717) is 0 Å². The SMILES string of the molecule is O=C(/C=C/c1c(O)cc(O)cc1O)c1ccc(O)c(O)c1. The van der Waals surface area contributed by atoms with Gasteiger partial charge in [-0.15, -0.1) is 0 Å². The van der Waals surface area contributed by atoms with Gasteiger partial charge in [0.15, 0.2) is 17.3 Å². The number of carbonyl (C=O) groups excluding carboxylic acids is 1. The Kier molecular flexibility index (Phi) is 3.71. The molecule has 0 unspecified atom stereocenters. The van der Waals surface area contributed by atoms with E-state index < -0.39 is 11.5 Å². The number of carbonyl (C=O) groups is 1. The summed E-state index contributed by atoms with van der Waals surface area (Å²) in [4.78, 5) is 11.9. The van der Waals surface area contributed by atoms with Gasteiger partial charge in [-0.05, 0) is 30.4 Å². The number of ketones is 1. The molecule has 0 spiro atoms. The normalized spacial score (nSPS) is 10.9. The summed E-state index contributed by atoms with van der Waals surface area (Å²) in [7, 11) is 0. The second-order valence-corrected chi connectivity index (χ2v) is 4.30. The van der Waals surface area contributed by atoms with Gasteiger partial charge in [0, 0.05) is 17.7 Å². The molecule has 2 aromatic rings.